The average molecular weight is 434 g/mol. The van der Waals surface area contributed by atoms with E-state index in [0.29, 0.717) is 30.6 Å². The Morgan fingerprint density at radius 2 is 1.91 bits per heavy atom. The molecule has 0 radical (unpaired) electrons. The van der Waals surface area contributed by atoms with Crippen LogP contribution in [0, 0.1) is 18.7 Å². The molecule has 6 heteroatoms. The fourth-order valence-corrected chi connectivity index (χ4v) is 4.08. The fraction of sp³-hybridized carbons (Fsp3) is 0.385. The van der Waals surface area contributed by atoms with Crippen LogP contribution >= 0.6 is 0 Å². The molecule has 32 heavy (non-hydrogen) atoms. The third-order valence-corrected chi connectivity index (χ3v) is 6.16. The van der Waals surface area contributed by atoms with Crippen LogP contribution < -0.4 is 4.74 Å². The molecule has 2 aromatic carbocycles. The Bertz CT molecular complexity index is 1130. The molecule has 1 heterocycles. The molecule has 0 bridgehead atoms. The molecule has 1 aromatic heterocycles. The molecule has 0 unspecified atom stereocenters. The summed E-state index contributed by atoms with van der Waals surface area (Å²) in [5, 5.41) is 4.83. The van der Waals surface area contributed by atoms with Crippen molar-refractivity contribution in [3.8, 4) is 17.3 Å². The van der Waals surface area contributed by atoms with E-state index in [-0.39, 0.29) is 17.6 Å². The first-order valence-electron chi connectivity index (χ1n) is 11.4. The van der Waals surface area contributed by atoms with Crippen LogP contribution in [0.25, 0.3) is 5.69 Å². The fourth-order valence-electron chi connectivity index (χ4n) is 4.08. The first kappa shape index (κ1) is 20.7. The number of aryl methyl sites for hydroxylation is 2. The zero-order valence-electron chi connectivity index (χ0n) is 18.6. The summed E-state index contributed by atoms with van der Waals surface area (Å²) in [6.45, 7) is 4.57. The number of benzene rings is 2. The Balaban J connectivity index is 1.58. The molecule has 1 amide bonds. The Hall–Kier alpha value is -3.15. The maximum absolute atomic E-state index is 13.6. The first-order valence-corrected chi connectivity index (χ1v) is 11.4. The van der Waals surface area contributed by atoms with Crippen LogP contribution in [-0.2, 0) is 17.8 Å². The van der Waals surface area contributed by atoms with Crippen LogP contribution in [0.3, 0.4) is 0 Å². The third kappa shape index (κ3) is 4.27. The normalized spacial score (nSPS) is 15.6. The summed E-state index contributed by atoms with van der Waals surface area (Å²) >= 11 is 0. The summed E-state index contributed by atoms with van der Waals surface area (Å²) < 4.78 is 21.7. The smallest absolute Gasteiger partial charge is 0.227 e. The van der Waals surface area contributed by atoms with Crippen molar-refractivity contribution in [1.82, 2.24) is 14.7 Å². The molecule has 0 spiro atoms. The number of ether oxygens (including phenoxy) is 1. The second-order valence-electron chi connectivity index (χ2n) is 8.86. The van der Waals surface area contributed by atoms with Crippen molar-refractivity contribution in [3.05, 3.63) is 71.2 Å². The maximum Gasteiger partial charge on any atom is 0.227 e. The van der Waals surface area contributed by atoms with Crippen molar-refractivity contribution in [2.45, 2.75) is 58.5 Å². The van der Waals surface area contributed by atoms with Gasteiger partial charge in [-0.3, -0.25) is 4.79 Å². The predicted octanol–water partition coefficient (Wildman–Crippen LogP) is 5.58. The highest BCUT2D eigenvalue weighted by molar-refractivity contribution is 5.81. The molecule has 166 valence electrons. The van der Waals surface area contributed by atoms with Crippen molar-refractivity contribution in [2.75, 3.05) is 0 Å². The molecule has 5 nitrogen and oxygen atoms in total. The van der Waals surface area contributed by atoms with Gasteiger partial charge in [0, 0.05) is 12.0 Å². The molecule has 0 N–H and O–H groups in total. The second kappa shape index (κ2) is 8.41. The standard InChI is InChI=1S/C26H28FN3O2/c1-3-24-23(16-29(20-13-14-20)25(31)18-7-8-18)26(32-22-6-4-5-17(2)15-22)30(28-24)21-11-9-19(27)10-12-21/h4-6,9-12,15,18,20H,3,7-8,13-14,16H2,1-2H3. The van der Waals surface area contributed by atoms with Gasteiger partial charge in [-0.05, 0) is 81.0 Å². The highest BCUT2D eigenvalue weighted by Gasteiger charge is 2.41. The molecule has 2 saturated carbocycles. The van der Waals surface area contributed by atoms with Crippen molar-refractivity contribution >= 4 is 5.91 Å². The van der Waals surface area contributed by atoms with Gasteiger partial charge in [-0.2, -0.15) is 5.10 Å². The number of carbonyl (C=O) groups is 1. The summed E-state index contributed by atoms with van der Waals surface area (Å²) in [4.78, 5) is 15.1. The zero-order chi connectivity index (χ0) is 22.2. The molecule has 3 aromatic rings. The van der Waals surface area contributed by atoms with Gasteiger partial charge in [0.2, 0.25) is 11.8 Å². The summed E-state index contributed by atoms with van der Waals surface area (Å²) in [5.74, 6) is 1.43. The first-order chi connectivity index (χ1) is 15.5. The quantitative estimate of drug-likeness (QED) is 0.466. The number of carbonyl (C=O) groups excluding carboxylic acids is 1. The van der Waals surface area contributed by atoms with E-state index in [1.165, 1.54) is 12.1 Å². The Kier molecular flexibility index (Phi) is 5.45. The lowest BCUT2D eigenvalue weighted by atomic mass is 10.1. The predicted molar refractivity (Wildman–Crippen MR) is 120 cm³/mol. The third-order valence-electron chi connectivity index (χ3n) is 6.16. The van der Waals surface area contributed by atoms with E-state index < -0.39 is 0 Å². The number of amides is 1. The lowest BCUT2D eigenvalue weighted by Crippen LogP contribution is -2.34. The average Bonchev–Trinajstić information content (AvgIpc) is 3.70. The van der Waals surface area contributed by atoms with E-state index in [1.54, 1.807) is 16.8 Å². The minimum absolute atomic E-state index is 0.175. The van der Waals surface area contributed by atoms with Crippen molar-refractivity contribution in [2.24, 2.45) is 5.92 Å². The van der Waals surface area contributed by atoms with Crippen LogP contribution in [0.4, 0.5) is 4.39 Å². The summed E-state index contributed by atoms with van der Waals surface area (Å²) in [7, 11) is 0. The second-order valence-corrected chi connectivity index (χ2v) is 8.86. The van der Waals surface area contributed by atoms with Crippen LogP contribution in [0.1, 0.15) is 49.4 Å². The molecular weight excluding hydrogens is 405 g/mol. The Labute approximate surface area is 187 Å². The molecule has 5 rings (SSSR count). The van der Waals surface area contributed by atoms with Crippen molar-refractivity contribution < 1.29 is 13.9 Å². The molecule has 0 saturated heterocycles. The van der Waals surface area contributed by atoms with Gasteiger partial charge in [0.1, 0.15) is 11.6 Å². The number of hydrogen-bond acceptors (Lipinski definition) is 3. The topological polar surface area (TPSA) is 47.4 Å². The van der Waals surface area contributed by atoms with E-state index in [0.717, 1.165) is 48.2 Å². The van der Waals surface area contributed by atoms with E-state index in [4.69, 9.17) is 9.84 Å². The molecule has 0 aliphatic heterocycles. The number of nitrogens with zero attached hydrogens (tertiary/aromatic N) is 3. The lowest BCUT2D eigenvalue weighted by molar-refractivity contribution is -0.133. The van der Waals surface area contributed by atoms with E-state index >= 15 is 0 Å². The van der Waals surface area contributed by atoms with Gasteiger partial charge >= 0.3 is 0 Å². The summed E-state index contributed by atoms with van der Waals surface area (Å²) in [6.07, 6.45) is 4.80. The van der Waals surface area contributed by atoms with Gasteiger partial charge < -0.3 is 9.64 Å². The van der Waals surface area contributed by atoms with Gasteiger partial charge in [-0.15, -0.1) is 0 Å². The van der Waals surface area contributed by atoms with Gasteiger partial charge in [0.05, 0.1) is 23.5 Å². The van der Waals surface area contributed by atoms with Gasteiger partial charge in [0.15, 0.2) is 0 Å². The zero-order valence-corrected chi connectivity index (χ0v) is 18.6. The summed E-state index contributed by atoms with van der Waals surface area (Å²) in [6, 6.07) is 14.4. The van der Waals surface area contributed by atoms with E-state index in [1.807, 2.05) is 36.1 Å². The monoisotopic (exact) mass is 433 g/mol. The largest absolute Gasteiger partial charge is 0.439 e. The van der Waals surface area contributed by atoms with Gasteiger partial charge in [0.25, 0.3) is 0 Å². The SMILES string of the molecule is CCc1nn(-c2ccc(F)cc2)c(Oc2cccc(C)c2)c1CN(C(=O)C1CC1)C1CC1. The van der Waals surface area contributed by atoms with Crippen molar-refractivity contribution in [3.63, 3.8) is 0 Å². The maximum atomic E-state index is 13.6. The van der Waals surface area contributed by atoms with Crippen LogP contribution in [0.5, 0.6) is 11.6 Å². The van der Waals surface area contributed by atoms with Crippen LogP contribution in [-0.4, -0.2) is 26.6 Å². The Morgan fingerprint density at radius 1 is 1.16 bits per heavy atom. The number of rotatable bonds is 8. The van der Waals surface area contributed by atoms with E-state index in [9.17, 15) is 9.18 Å². The number of aromatic nitrogens is 2. The molecule has 2 aliphatic carbocycles. The lowest BCUT2D eigenvalue weighted by Gasteiger charge is -2.23. The molecular formula is C26H28FN3O2. The highest BCUT2D eigenvalue weighted by Crippen LogP contribution is 2.39. The molecule has 0 atom stereocenters. The number of hydrogen-bond donors (Lipinski definition) is 0. The van der Waals surface area contributed by atoms with Crippen LogP contribution in [0.15, 0.2) is 48.5 Å². The molecule has 2 aliphatic rings. The van der Waals surface area contributed by atoms with Gasteiger partial charge in [-0.25, -0.2) is 9.07 Å². The summed E-state index contributed by atoms with van der Waals surface area (Å²) in [5.41, 5.74) is 3.64. The van der Waals surface area contributed by atoms with Crippen molar-refractivity contribution in [1.29, 1.82) is 0 Å². The number of halogens is 1. The van der Waals surface area contributed by atoms with E-state index in [2.05, 4.69) is 6.92 Å². The minimum atomic E-state index is -0.298. The molecule has 2 fully saturated rings. The Morgan fingerprint density at radius 3 is 2.53 bits per heavy atom. The van der Waals surface area contributed by atoms with Gasteiger partial charge in [-0.1, -0.05) is 19.1 Å². The van der Waals surface area contributed by atoms with Crippen LogP contribution in [0.2, 0.25) is 0 Å². The highest BCUT2D eigenvalue weighted by atomic mass is 19.1. The minimum Gasteiger partial charge on any atom is -0.439 e.